The highest BCUT2D eigenvalue weighted by atomic mass is 32.1. The van der Waals surface area contributed by atoms with Crippen molar-refractivity contribution in [2.75, 3.05) is 6.54 Å². The van der Waals surface area contributed by atoms with E-state index < -0.39 is 11.5 Å². The molecule has 2 heterocycles. The first kappa shape index (κ1) is 16.4. The zero-order chi connectivity index (χ0) is 17.2. The smallest absolute Gasteiger partial charge is 0.271 e. The second kappa shape index (κ2) is 6.54. The number of halogens is 1. The van der Waals surface area contributed by atoms with Crippen LogP contribution in [0.5, 0.6) is 0 Å². The average Bonchev–Trinajstić information content (AvgIpc) is 3.24. The van der Waals surface area contributed by atoms with Gasteiger partial charge in [0.05, 0.1) is 12.2 Å². The number of benzene rings is 1. The molecule has 5 nitrogen and oxygen atoms in total. The Morgan fingerprint density at radius 2 is 2.21 bits per heavy atom. The van der Waals surface area contributed by atoms with Crippen molar-refractivity contribution in [3.8, 4) is 5.69 Å². The van der Waals surface area contributed by atoms with Gasteiger partial charge in [0, 0.05) is 11.1 Å². The Kier molecular flexibility index (Phi) is 4.46. The van der Waals surface area contributed by atoms with Crippen LogP contribution in [0.15, 0.2) is 54.0 Å². The van der Waals surface area contributed by atoms with Crippen LogP contribution in [-0.4, -0.2) is 27.3 Å². The Morgan fingerprint density at radius 1 is 1.38 bits per heavy atom. The molecule has 3 rings (SSSR count). The minimum Gasteiger partial charge on any atom is -0.383 e. The molecule has 0 aliphatic carbocycles. The van der Waals surface area contributed by atoms with E-state index in [2.05, 4.69) is 10.4 Å². The lowest BCUT2D eigenvalue weighted by atomic mass is 10.1. The molecule has 0 bridgehead atoms. The predicted octanol–water partition coefficient (Wildman–Crippen LogP) is 2.71. The summed E-state index contributed by atoms with van der Waals surface area (Å²) in [5.74, 6) is -0.775. The molecule has 0 spiro atoms. The van der Waals surface area contributed by atoms with E-state index >= 15 is 0 Å². The molecule has 1 unspecified atom stereocenters. The van der Waals surface area contributed by atoms with Crippen molar-refractivity contribution in [2.45, 2.75) is 12.5 Å². The van der Waals surface area contributed by atoms with Crippen molar-refractivity contribution in [3.05, 3.63) is 70.4 Å². The molecule has 0 aliphatic heterocycles. The monoisotopic (exact) mass is 345 g/mol. The fourth-order valence-electron chi connectivity index (χ4n) is 2.22. The molecule has 24 heavy (non-hydrogen) atoms. The van der Waals surface area contributed by atoms with Gasteiger partial charge < -0.3 is 10.4 Å². The fourth-order valence-corrected chi connectivity index (χ4v) is 3.01. The van der Waals surface area contributed by atoms with Crippen molar-refractivity contribution >= 4 is 17.2 Å². The first-order valence-corrected chi connectivity index (χ1v) is 8.20. The highest BCUT2D eigenvalue weighted by Crippen LogP contribution is 2.24. The van der Waals surface area contributed by atoms with Crippen LogP contribution < -0.4 is 5.32 Å². The summed E-state index contributed by atoms with van der Waals surface area (Å²) < 4.78 is 14.7. The summed E-state index contributed by atoms with van der Waals surface area (Å²) >= 11 is 1.42. The Balaban J connectivity index is 1.68. The molecule has 7 heteroatoms. The van der Waals surface area contributed by atoms with Crippen LogP contribution in [0.3, 0.4) is 0 Å². The van der Waals surface area contributed by atoms with Crippen LogP contribution in [0.4, 0.5) is 4.39 Å². The molecule has 0 aliphatic rings. The summed E-state index contributed by atoms with van der Waals surface area (Å²) in [6.45, 7) is 1.71. The van der Waals surface area contributed by atoms with Gasteiger partial charge in [-0.05, 0) is 42.6 Å². The van der Waals surface area contributed by atoms with Crippen LogP contribution in [0.25, 0.3) is 5.69 Å². The zero-order valence-electron chi connectivity index (χ0n) is 12.9. The van der Waals surface area contributed by atoms with Gasteiger partial charge in [0.15, 0.2) is 5.69 Å². The lowest BCUT2D eigenvalue weighted by Gasteiger charge is -2.21. The van der Waals surface area contributed by atoms with Gasteiger partial charge in [0.2, 0.25) is 0 Å². The average molecular weight is 345 g/mol. The van der Waals surface area contributed by atoms with Crippen LogP contribution in [0, 0.1) is 5.82 Å². The number of carbonyl (C=O) groups excluding carboxylic acids is 1. The van der Waals surface area contributed by atoms with E-state index in [4.69, 9.17) is 0 Å². The molecule has 1 amide bonds. The minimum absolute atomic E-state index is 0.0686. The standard InChI is InChI=1S/C17H16FN3O2S/c1-17(23,15-6-3-9-24-15)11-19-16(22)14-7-8-21(20-14)13-5-2-4-12(18)10-13/h2-10,23H,11H2,1H3,(H,19,22). The summed E-state index contributed by atoms with van der Waals surface area (Å²) in [4.78, 5) is 13.0. The summed E-state index contributed by atoms with van der Waals surface area (Å²) in [6.07, 6.45) is 1.58. The molecule has 0 radical (unpaired) electrons. The molecule has 0 fully saturated rings. The van der Waals surface area contributed by atoms with E-state index in [1.54, 1.807) is 31.3 Å². The van der Waals surface area contributed by atoms with E-state index in [1.165, 1.54) is 28.2 Å². The van der Waals surface area contributed by atoms with Crippen LogP contribution >= 0.6 is 11.3 Å². The maximum Gasteiger partial charge on any atom is 0.271 e. The summed E-state index contributed by atoms with van der Waals surface area (Å²) in [5, 5.41) is 19.1. The molecule has 2 N–H and O–H groups in total. The van der Waals surface area contributed by atoms with E-state index in [9.17, 15) is 14.3 Å². The van der Waals surface area contributed by atoms with Crippen molar-refractivity contribution in [1.29, 1.82) is 0 Å². The number of hydrogen-bond acceptors (Lipinski definition) is 4. The fraction of sp³-hybridized carbons (Fsp3) is 0.176. The normalized spacial score (nSPS) is 13.5. The van der Waals surface area contributed by atoms with Crippen molar-refractivity contribution in [2.24, 2.45) is 0 Å². The van der Waals surface area contributed by atoms with Gasteiger partial charge in [-0.25, -0.2) is 9.07 Å². The van der Waals surface area contributed by atoms with Gasteiger partial charge in [-0.1, -0.05) is 12.1 Å². The second-order valence-corrected chi connectivity index (χ2v) is 6.51. The lowest BCUT2D eigenvalue weighted by molar-refractivity contribution is 0.0555. The zero-order valence-corrected chi connectivity index (χ0v) is 13.8. The third-order valence-corrected chi connectivity index (χ3v) is 4.66. The van der Waals surface area contributed by atoms with E-state index in [0.29, 0.717) is 5.69 Å². The number of nitrogens with zero attached hydrogens (tertiary/aromatic N) is 2. The maximum absolute atomic E-state index is 13.3. The quantitative estimate of drug-likeness (QED) is 0.747. The van der Waals surface area contributed by atoms with Crippen molar-refractivity contribution < 1.29 is 14.3 Å². The Labute approximate surface area is 142 Å². The third kappa shape index (κ3) is 3.52. The molecule has 0 saturated heterocycles. The number of amides is 1. The number of aliphatic hydroxyl groups is 1. The number of rotatable bonds is 5. The Morgan fingerprint density at radius 3 is 2.92 bits per heavy atom. The molecule has 1 aromatic carbocycles. The number of carbonyl (C=O) groups is 1. The lowest BCUT2D eigenvalue weighted by Crippen LogP contribution is -2.38. The highest BCUT2D eigenvalue weighted by Gasteiger charge is 2.25. The third-order valence-electron chi connectivity index (χ3n) is 3.54. The first-order chi connectivity index (χ1) is 11.5. The first-order valence-electron chi connectivity index (χ1n) is 7.32. The predicted molar refractivity (Wildman–Crippen MR) is 89.7 cm³/mol. The summed E-state index contributed by atoms with van der Waals surface area (Å²) in [7, 11) is 0. The van der Waals surface area contributed by atoms with Crippen molar-refractivity contribution in [1.82, 2.24) is 15.1 Å². The molecule has 1 atom stereocenters. The SMILES string of the molecule is CC(O)(CNC(=O)c1ccn(-c2cccc(F)c2)n1)c1cccs1. The van der Waals surface area contributed by atoms with E-state index in [0.717, 1.165) is 4.88 Å². The molecule has 3 aromatic rings. The van der Waals surface area contributed by atoms with Crippen LogP contribution in [0.2, 0.25) is 0 Å². The van der Waals surface area contributed by atoms with Gasteiger partial charge in [0.25, 0.3) is 5.91 Å². The number of thiophene rings is 1. The molecule has 124 valence electrons. The second-order valence-electron chi connectivity index (χ2n) is 5.56. The number of aromatic nitrogens is 2. The van der Waals surface area contributed by atoms with Gasteiger partial charge >= 0.3 is 0 Å². The molecule has 2 aromatic heterocycles. The topological polar surface area (TPSA) is 67.2 Å². The number of hydrogen-bond donors (Lipinski definition) is 2. The van der Waals surface area contributed by atoms with Crippen molar-refractivity contribution in [3.63, 3.8) is 0 Å². The van der Waals surface area contributed by atoms with Gasteiger partial charge in [-0.2, -0.15) is 5.10 Å². The van der Waals surface area contributed by atoms with Gasteiger partial charge in [0.1, 0.15) is 11.4 Å². The Bertz CT molecular complexity index is 843. The van der Waals surface area contributed by atoms with Crippen LogP contribution in [-0.2, 0) is 5.60 Å². The van der Waals surface area contributed by atoms with E-state index in [1.807, 2.05) is 17.5 Å². The summed E-state index contributed by atoms with van der Waals surface area (Å²) in [6, 6.07) is 11.1. The minimum atomic E-state index is -1.14. The number of nitrogens with one attached hydrogen (secondary N) is 1. The largest absolute Gasteiger partial charge is 0.383 e. The summed E-state index contributed by atoms with van der Waals surface area (Å²) in [5.41, 5.74) is -0.421. The van der Waals surface area contributed by atoms with Gasteiger partial charge in [-0.3, -0.25) is 4.79 Å². The Hall–Kier alpha value is -2.51. The van der Waals surface area contributed by atoms with Crippen LogP contribution in [0.1, 0.15) is 22.3 Å². The maximum atomic E-state index is 13.3. The molecular formula is C17H16FN3O2S. The molecular weight excluding hydrogens is 329 g/mol. The molecule has 0 saturated carbocycles. The van der Waals surface area contributed by atoms with E-state index in [-0.39, 0.29) is 18.1 Å². The highest BCUT2D eigenvalue weighted by molar-refractivity contribution is 7.10. The van der Waals surface area contributed by atoms with Gasteiger partial charge in [-0.15, -0.1) is 11.3 Å².